The van der Waals surface area contributed by atoms with Gasteiger partial charge in [0, 0.05) is 29.6 Å². The zero-order chi connectivity index (χ0) is 18.5. The van der Waals surface area contributed by atoms with Gasteiger partial charge in [0.05, 0.1) is 0 Å². The Morgan fingerprint density at radius 2 is 1.77 bits per heavy atom. The standard InChI is InChI=1S/C21H22N4O/c1-14-5-4-6-17(11-14)13-22-21-23-15(2)12-20(25-21)24-19-9-7-18(8-10-19)16(3)26/h4-12H,13H2,1-3H3,(H2,22,23,24,25). The number of hydrogen-bond donors (Lipinski definition) is 2. The van der Waals surface area contributed by atoms with Gasteiger partial charge in [-0.25, -0.2) is 4.98 Å². The van der Waals surface area contributed by atoms with Crippen molar-refractivity contribution in [3.05, 3.63) is 77.0 Å². The number of ketones is 1. The second-order valence-electron chi connectivity index (χ2n) is 6.32. The van der Waals surface area contributed by atoms with Crippen LogP contribution in [0.2, 0.25) is 0 Å². The summed E-state index contributed by atoms with van der Waals surface area (Å²) < 4.78 is 0. The monoisotopic (exact) mass is 346 g/mol. The molecular weight excluding hydrogens is 324 g/mol. The van der Waals surface area contributed by atoms with Crippen molar-refractivity contribution in [3.63, 3.8) is 0 Å². The molecule has 0 spiro atoms. The lowest BCUT2D eigenvalue weighted by molar-refractivity contribution is 0.101. The molecule has 5 nitrogen and oxygen atoms in total. The zero-order valence-electron chi connectivity index (χ0n) is 15.2. The molecule has 0 unspecified atom stereocenters. The molecule has 3 rings (SSSR count). The molecule has 0 bridgehead atoms. The van der Waals surface area contributed by atoms with Crippen LogP contribution < -0.4 is 10.6 Å². The third-order valence-electron chi connectivity index (χ3n) is 3.95. The first-order chi connectivity index (χ1) is 12.5. The second-order valence-corrected chi connectivity index (χ2v) is 6.32. The van der Waals surface area contributed by atoms with Gasteiger partial charge in [0.15, 0.2) is 5.78 Å². The van der Waals surface area contributed by atoms with Crippen molar-refractivity contribution < 1.29 is 4.79 Å². The lowest BCUT2D eigenvalue weighted by Crippen LogP contribution is -2.06. The molecule has 0 aliphatic rings. The smallest absolute Gasteiger partial charge is 0.225 e. The number of rotatable bonds is 6. The lowest BCUT2D eigenvalue weighted by Gasteiger charge is -2.10. The fourth-order valence-electron chi connectivity index (χ4n) is 2.65. The first kappa shape index (κ1) is 17.6. The van der Waals surface area contributed by atoms with E-state index in [1.54, 1.807) is 19.1 Å². The van der Waals surface area contributed by atoms with Crippen molar-refractivity contribution in [1.29, 1.82) is 0 Å². The summed E-state index contributed by atoms with van der Waals surface area (Å²) in [5, 5.41) is 6.53. The van der Waals surface area contributed by atoms with Crippen molar-refractivity contribution >= 4 is 23.2 Å². The van der Waals surface area contributed by atoms with E-state index in [2.05, 4.69) is 45.7 Å². The van der Waals surface area contributed by atoms with E-state index in [4.69, 9.17) is 0 Å². The minimum atomic E-state index is 0.0528. The SMILES string of the molecule is CC(=O)c1ccc(Nc2cc(C)nc(NCc3cccc(C)c3)n2)cc1. The van der Waals surface area contributed by atoms with Crippen LogP contribution in [0.3, 0.4) is 0 Å². The molecule has 5 heteroatoms. The van der Waals surface area contributed by atoms with E-state index in [0.29, 0.717) is 23.9 Å². The van der Waals surface area contributed by atoms with Crippen molar-refractivity contribution in [2.45, 2.75) is 27.3 Å². The maximum atomic E-state index is 11.4. The van der Waals surface area contributed by atoms with E-state index in [-0.39, 0.29) is 5.78 Å². The van der Waals surface area contributed by atoms with E-state index >= 15 is 0 Å². The predicted octanol–water partition coefficient (Wildman–Crippen LogP) is 4.65. The number of benzene rings is 2. The van der Waals surface area contributed by atoms with Crippen LogP contribution in [0.4, 0.5) is 17.5 Å². The number of nitrogens with one attached hydrogen (secondary N) is 2. The fraction of sp³-hybridized carbons (Fsp3) is 0.190. The Morgan fingerprint density at radius 1 is 1.00 bits per heavy atom. The van der Waals surface area contributed by atoms with E-state index in [9.17, 15) is 4.79 Å². The molecule has 1 aromatic heterocycles. The van der Waals surface area contributed by atoms with E-state index in [1.807, 2.05) is 31.2 Å². The Hall–Kier alpha value is -3.21. The van der Waals surface area contributed by atoms with Gasteiger partial charge in [0.25, 0.3) is 0 Å². The van der Waals surface area contributed by atoms with Crippen molar-refractivity contribution in [3.8, 4) is 0 Å². The molecule has 26 heavy (non-hydrogen) atoms. The second kappa shape index (κ2) is 7.78. The number of hydrogen-bond acceptors (Lipinski definition) is 5. The molecule has 0 amide bonds. The maximum absolute atomic E-state index is 11.4. The highest BCUT2D eigenvalue weighted by Gasteiger charge is 2.04. The van der Waals surface area contributed by atoms with Gasteiger partial charge in [-0.15, -0.1) is 0 Å². The summed E-state index contributed by atoms with van der Waals surface area (Å²) in [5.41, 5.74) is 4.84. The molecule has 0 saturated carbocycles. The van der Waals surface area contributed by atoms with Gasteiger partial charge in [0.1, 0.15) is 5.82 Å². The molecule has 0 saturated heterocycles. The van der Waals surface area contributed by atoms with Gasteiger partial charge in [-0.1, -0.05) is 29.8 Å². The normalized spacial score (nSPS) is 10.4. The Morgan fingerprint density at radius 3 is 2.46 bits per heavy atom. The van der Waals surface area contributed by atoms with Crippen LogP contribution in [0.1, 0.15) is 34.1 Å². The van der Waals surface area contributed by atoms with Crippen molar-refractivity contribution in [2.24, 2.45) is 0 Å². The Balaban J connectivity index is 1.71. The summed E-state index contributed by atoms with van der Waals surface area (Å²) in [4.78, 5) is 20.3. The van der Waals surface area contributed by atoms with Crippen molar-refractivity contribution in [2.75, 3.05) is 10.6 Å². The Kier molecular flexibility index (Phi) is 5.27. The third-order valence-corrected chi connectivity index (χ3v) is 3.95. The largest absolute Gasteiger partial charge is 0.350 e. The molecule has 2 N–H and O–H groups in total. The number of Topliss-reactive ketones (excluding diaryl/α,β-unsaturated/α-hetero) is 1. The average molecular weight is 346 g/mol. The molecule has 2 aromatic carbocycles. The van der Waals surface area contributed by atoms with Crippen LogP contribution in [-0.4, -0.2) is 15.8 Å². The van der Waals surface area contributed by atoms with Gasteiger partial charge in [0.2, 0.25) is 5.95 Å². The molecule has 0 aliphatic heterocycles. The van der Waals surface area contributed by atoms with Gasteiger partial charge in [-0.2, -0.15) is 4.98 Å². The highest BCUT2D eigenvalue weighted by Crippen LogP contribution is 2.18. The lowest BCUT2D eigenvalue weighted by atomic mass is 10.1. The van der Waals surface area contributed by atoms with Crippen LogP contribution in [0.5, 0.6) is 0 Å². The summed E-state index contributed by atoms with van der Waals surface area (Å²) in [5.74, 6) is 1.34. The molecule has 0 atom stereocenters. The highest BCUT2D eigenvalue weighted by atomic mass is 16.1. The third kappa shape index (κ3) is 4.66. The quantitative estimate of drug-likeness (QED) is 0.636. The topological polar surface area (TPSA) is 66.9 Å². The molecule has 132 valence electrons. The molecule has 0 aliphatic carbocycles. The Labute approximate surface area is 153 Å². The summed E-state index contributed by atoms with van der Waals surface area (Å²) in [6.07, 6.45) is 0. The van der Waals surface area contributed by atoms with Gasteiger partial charge in [-0.05, 0) is 50.6 Å². The van der Waals surface area contributed by atoms with Gasteiger partial charge >= 0.3 is 0 Å². The average Bonchev–Trinajstić information content (AvgIpc) is 2.60. The highest BCUT2D eigenvalue weighted by molar-refractivity contribution is 5.94. The van der Waals surface area contributed by atoms with Gasteiger partial charge < -0.3 is 10.6 Å². The summed E-state index contributed by atoms with van der Waals surface area (Å²) >= 11 is 0. The summed E-state index contributed by atoms with van der Waals surface area (Å²) in [7, 11) is 0. The zero-order valence-corrected chi connectivity index (χ0v) is 15.2. The number of aryl methyl sites for hydroxylation is 2. The van der Waals surface area contributed by atoms with Crippen LogP contribution in [0.15, 0.2) is 54.6 Å². The van der Waals surface area contributed by atoms with E-state index in [0.717, 1.165) is 11.4 Å². The molecule has 1 heterocycles. The number of carbonyl (C=O) groups excluding carboxylic acids is 1. The van der Waals surface area contributed by atoms with Crippen LogP contribution in [0.25, 0.3) is 0 Å². The van der Waals surface area contributed by atoms with E-state index in [1.165, 1.54) is 11.1 Å². The number of aromatic nitrogens is 2. The minimum absolute atomic E-state index is 0.0528. The molecule has 0 radical (unpaired) electrons. The summed E-state index contributed by atoms with van der Waals surface area (Å²) in [6, 6.07) is 17.6. The Bertz CT molecular complexity index is 920. The van der Waals surface area contributed by atoms with Crippen LogP contribution in [0, 0.1) is 13.8 Å². The fourth-order valence-corrected chi connectivity index (χ4v) is 2.65. The minimum Gasteiger partial charge on any atom is -0.350 e. The number of nitrogens with zero attached hydrogens (tertiary/aromatic N) is 2. The first-order valence-electron chi connectivity index (χ1n) is 8.53. The van der Waals surface area contributed by atoms with Crippen LogP contribution in [-0.2, 0) is 6.54 Å². The maximum Gasteiger partial charge on any atom is 0.225 e. The molecule has 0 fully saturated rings. The van der Waals surface area contributed by atoms with Gasteiger partial charge in [-0.3, -0.25) is 4.79 Å². The van der Waals surface area contributed by atoms with E-state index < -0.39 is 0 Å². The van der Waals surface area contributed by atoms with Crippen molar-refractivity contribution in [1.82, 2.24) is 9.97 Å². The predicted molar refractivity (Wildman–Crippen MR) is 105 cm³/mol. The number of carbonyl (C=O) groups is 1. The summed E-state index contributed by atoms with van der Waals surface area (Å²) in [6.45, 7) is 6.23. The first-order valence-corrected chi connectivity index (χ1v) is 8.53. The molecular formula is C21H22N4O. The number of anilines is 3. The molecule has 3 aromatic rings. The van der Waals surface area contributed by atoms with Crippen LogP contribution >= 0.6 is 0 Å².